The molecule has 0 saturated heterocycles. The molecule has 0 unspecified atom stereocenters. The van der Waals surface area contributed by atoms with E-state index in [-0.39, 0.29) is 0 Å². The predicted octanol–water partition coefficient (Wildman–Crippen LogP) is 5.12. The molecule has 0 aliphatic heterocycles. The lowest BCUT2D eigenvalue weighted by molar-refractivity contribution is 1.10. The molecule has 20 heavy (non-hydrogen) atoms. The van der Waals surface area contributed by atoms with Crippen molar-refractivity contribution < 1.29 is 0 Å². The van der Waals surface area contributed by atoms with Crippen LogP contribution in [0.4, 0.5) is 5.13 Å². The molecule has 0 radical (unpaired) electrons. The van der Waals surface area contributed by atoms with Gasteiger partial charge in [0.25, 0.3) is 0 Å². The fourth-order valence-electron chi connectivity index (χ4n) is 2.04. The van der Waals surface area contributed by atoms with Crippen LogP contribution in [0.15, 0.2) is 42.5 Å². The van der Waals surface area contributed by atoms with E-state index in [0.717, 1.165) is 33.3 Å². The van der Waals surface area contributed by atoms with Gasteiger partial charge in [0, 0.05) is 11.6 Å². The Balaban J connectivity index is 1.72. The first-order valence-electron chi connectivity index (χ1n) is 6.62. The van der Waals surface area contributed by atoms with E-state index in [4.69, 9.17) is 11.6 Å². The maximum atomic E-state index is 5.99. The molecule has 2 aromatic carbocycles. The highest BCUT2D eigenvalue weighted by Crippen LogP contribution is 2.28. The van der Waals surface area contributed by atoms with Crippen LogP contribution in [-0.2, 0) is 13.0 Å². The number of nitrogens with zero attached hydrogens (tertiary/aromatic N) is 1. The topological polar surface area (TPSA) is 24.9 Å². The van der Waals surface area contributed by atoms with E-state index in [2.05, 4.69) is 41.5 Å². The summed E-state index contributed by atoms with van der Waals surface area (Å²) >= 11 is 7.62. The van der Waals surface area contributed by atoms with Crippen molar-refractivity contribution in [3.05, 3.63) is 58.6 Å². The molecule has 0 aliphatic rings. The average Bonchev–Trinajstić information content (AvgIpc) is 2.87. The Labute approximate surface area is 127 Å². The molecule has 1 heterocycles. The quantitative estimate of drug-likeness (QED) is 0.723. The predicted molar refractivity (Wildman–Crippen MR) is 87.8 cm³/mol. The number of aromatic nitrogens is 1. The van der Waals surface area contributed by atoms with Crippen molar-refractivity contribution in [2.45, 2.75) is 19.9 Å². The number of anilines is 1. The Morgan fingerprint density at radius 1 is 1.10 bits per heavy atom. The minimum Gasteiger partial charge on any atom is -0.357 e. The van der Waals surface area contributed by atoms with Crippen molar-refractivity contribution in [3.8, 4) is 0 Å². The van der Waals surface area contributed by atoms with Gasteiger partial charge in [0.2, 0.25) is 0 Å². The molecule has 1 aromatic heterocycles. The van der Waals surface area contributed by atoms with Crippen molar-refractivity contribution in [2.24, 2.45) is 0 Å². The standard InChI is InChI=1S/C16H15ClN2S/c1-2-11-3-5-12(6-4-11)10-18-16-19-14-8-7-13(17)9-15(14)20-16/h3-9H,2,10H2,1H3,(H,18,19). The Bertz CT molecular complexity index is 719. The number of benzene rings is 2. The molecule has 1 N–H and O–H groups in total. The van der Waals surface area contributed by atoms with Gasteiger partial charge in [0.15, 0.2) is 5.13 Å². The maximum absolute atomic E-state index is 5.99. The first-order chi connectivity index (χ1) is 9.74. The molecule has 0 fully saturated rings. The third-order valence-electron chi connectivity index (χ3n) is 3.23. The second kappa shape index (κ2) is 5.81. The summed E-state index contributed by atoms with van der Waals surface area (Å²) in [4.78, 5) is 4.55. The fourth-order valence-corrected chi connectivity index (χ4v) is 3.18. The summed E-state index contributed by atoms with van der Waals surface area (Å²) in [6, 6.07) is 14.5. The summed E-state index contributed by atoms with van der Waals surface area (Å²) < 4.78 is 1.11. The van der Waals surface area contributed by atoms with Gasteiger partial charge in [-0.3, -0.25) is 0 Å². The Morgan fingerprint density at radius 3 is 2.60 bits per heavy atom. The van der Waals surface area contributed by atoms with Gasteiger partial charge in [0.05, 0.1) is 10.2 Å². The van der Waals surface area contributed by atoms with E-state index < -0.39 is 0 Å². The minimum absolute atomic E-state index is 0.753. The number of hydrogen-bond donors (Lipinski definition) is 1. The Hall–Kier alpha value is -1.58. The van der Waals surface area contributed by atoms with Gasteiger partial charge < -0.3 is 5.32 Å². The second-order valence-electron chi connectivity index (χ2n) is 4.65. The number of hydrogen-bond acceptors (Lipinski definition) is 3. The SMILES string of the molecule is CCc1ccc(CNc2nc3ccc(Cl)cc3s2)cc1. The van der Waals surface area contributed by atoms with Crippen molar-refractivity contribution in [1.82, 2.24) is 4.98 Å². The molecule has 3 rings (SSSR count). The fraction of sp³-hybridized carbons (Fsp3) is 0.188. The highest BCUT2D eigenvalue weighted by atomic mass is 35.5. The maximum Gasteiger partial charge on any atom is 0.184 e. The lowest BCUT2D eigenvalue weighted by Gasteiger charge is -2.03. The van der Waals surface area contributed by atoms with Gasteiger partial charge in [-0.25, -0.2) is 4.98 Å². The molecule has 4 heteroatoms. The van der Waals surface area contributed by atoms with Gasteiger partial charge in [-0.2, -0.15) is 0 Å². The molecule has 0 amide bonds. The van der Waals surface area contributed by atoms with Gasteiger partial charge in [-0.1, -0.05) is 54.1 Å². The Kier molecular flexibility index (Phi) is 3.90. The molecular formula is C16H15ClN2S. The average molecular weight is 303 g/mol. The second-order valence-corrected chi connectivity index (χ2v) is 6.12. The Morgan fingerprint density at radius 2 is 1.85 bits per heavy atom. The van der Waals surface area contributed by atoms with E-state index in [9.17, 15) is 0 Å². The van der Waals surface area contributed by atoms with E-state index in [1.807, 2.05) is 18.2 Å². The van der Waals surface area contributed by atoms with Crippen molar-refractivity contribution in [2.75, 3.05) is 5.32 Å². The first-order valence-corrected chi connectivity index (χ1v) is 7.82. The van der Waals surface area contributed by atoms with Crippen LogP contribution in [0.25, 0.3) is 10.2 Å². The molecule has 0 spiro atoms. The number of aryl methyl sites for hydroxylation is 1. The van der Waals surface area contributed by atoms with Gasteiger partial charge in [-0.15, -0.1) is 0 Å². The normalized spacial score (nSPS) is 10.9. The van der Waals surface area contributed by atoms with Crippen molar-refractivity contribution in [3.63, 3.8) is 0 Å². The monoisotopic (exact) mass is 302 g/mol. The zero-order valence-corrected chi connectivity index (χ0v) is 12.8. The molecular weight excluding hydrogens is 288 g/mol. The van der Waals surface area contributed by atoms with E-state index in [0.29, 0.717) is 0 Å². The first kappa shape index (κ1) is 13.4. The summed E-state index contributed by atoms with van der Waals surface area (Å²) in [5.74, 6) is 0. The van der Waals surface area contributed by atoms with Gasteiger partial charge in [0.1, 0.15) is 0 Å². The molecule has 0 bridgehead atoms. The number of halogens is 1. The number of fused-ring (bicyclic) bond motifs is 1. The van der Waals surface area contributed by atoms with Gasteiger partial charge in [-0.05, 0) is 35.7 Å². The summed E-state index contributed by atoms with van der Waals surface area (Å²) in [6.45, 7) is 2.96. The molecule has 2 nitrogen and oxygen atoms in total. The molecule has 3 aromatic rings. The van der Waals surface area contributed by atoms with E-state index >= 15 is 0 Å². The van der Waals surface area contributed by atoms with E-state index in [1.54, 1.807) is 11.3 Å². The van der Waals surface area contributed by atoms with Crippen LogP contribution in [0, 0.1) is 0 Å². The summed E-state index contributed by atoms with van der Waals surface area (Å²) in [5, 5.41) is 5.06. The lowest BCUT2D eigenvalue weighted by Crippen LogP contribution is -1.98. The number of rotatable bonds is 4. The van der Waals surface area contributed by atoms with Crippen LogP contribution < -0.4 is 5.32 Å². The van der Waals surface area contributed by atoms with Crippen molar-refractivity contribution in [1.29, 1.82) is 0 Å². The van der Waals surface area contributed by atoms with Crippen LogP contribution in [0.3, 0.4) is 0 Å². The zero-order valence-electron chi connectivity index (χ0n) is 11.2. The molecule has 102 valence electrons. The number of thiazole rings is 1. The smallest absolute Gasteiger partial charge is 0.184 e. The highest BCUT2D eigenvalue weighted by molar-refractivity contribution is 7.22. The number of nitrogens with one attached hydrogen (secondary N) is 1. The third-order valence-corrected chi connectivity index (χ3v) is 4.44. The summed E-state index contributed by atoms with van der Waals surface area (Å²) in [6.07, 6.45) is 1.08. The van der Waals surface area contributed by atoms with E-state index in [1.165, 1.54) is 11.1 Å². The highest BCUT2D eigenvalue weighted by Gasteiger charge is 2.04. The lowest BCUT2D eigenvalue weighted by atomic mass is 10.1. The molecule has 0 saturated carbocycles. The van der Waals surface area contributed by atoms with Crippen LogP contribution in [0.2, 0.25) is 5.02 Å². The van der Waals surface area contributed by atoms with Crippen molar-refractivity contribution >= 4 is 38.3 Å². The summed E-state index contributed by atoms with van der Waals surface area (Å²) in [5.41, 5.74) is 3.62. The largest absolute Gasteiger partial charge is 0.357 e. The van der Waals surface area contributed by atoms with Crippen LogP contribution in [0.5, 0.6) is 0 Å². The third kappa shape index (κ3) is 2.94. The van der Waals surface area contributed by atoms with Crippen LogP contribution in [0.1, 0.15) is 18.1 Å². The van der Waals surface area contributed by atoms with Gasteiger partial charge >= 0.3 is 0 Å². The van der Waals surface area contributed by atoms with Crippen LogP contribution >= 0.6 is 22.9 Å². The van der Waals surface area contributed by atoms with Crippen LogP contribution in [-0.4, -0.2) is 4.98 Å². The molecule has 0 atom stereocenters. The zero-order chi connectivity index (χ0) is 13.9. The summed E-state index contributed by atoms with van der Waals surface area (Å²) in [7, 11) is 0. The minimum atomic E-state index is 0.753. The molecule has 0 aliphatic carbocycles.